The van der Waals surface area contributed by atoms with Crippen LogP contribution in [0.1, 0.15) is 44.7 Å². The van der Waals surface area contributed by atoms with Gasteiger partial charge in [-0.15, -0.1) is 0 Å². The fraction of sp³-hybridized carbons (Fsp3) is 0.611. The van der Waals surface area contributed by atoms with E-state index in [0.717, 1.165) is 11.1 Å². The van der Waals surface area contributed by atoms with Crippen LogP contribution < -0.4 is 11.1 Å². The summed E-state index contributed by atoms with van der Waals surface area (Å²) in [6.45, 7) is 8.86. The van der Waals surface area contributed by atoms with Crippen LogP contribution in [0.2, 0.25) is 0 Å². The molecule has 0 unspecified atom stereocenters. The molecule has 0 aromatic heterocycles. The smallest absolute Gasteiger partial charge is 0.408 e. The third-order valence-electron chi connectivity index (χ3n) is 4.55. The van der Waals surface area contributed by atoms with Crippen molar-refractivity contribution in [1.29, 1.82) is 0 Å². The minimum absolute atomic E-state index is 0.00221. The number of benzene rings is 1. The minimum atomic E-state index is -3.39. The molecule has 140 valence electrons. The van der Waals surface area contributed by atoms with Crippen molar-refractivity contribution in [3.63, 3.8) is 0 Å². The number of nitrogens with one attached hydrogen (secondary N) is 1. The van der Waals surface area contributed by atoms with Crippen LogP contribution in [0.15, 0.2) is 24.3 Å². The number of nitrogens with two attached hydrogens (primary N) is 1. The Morgan fingerprint density at radius 2 is 1.84 bits per heavy atom. The van der Waals surface area contributed by atoms with Gasteiger partial charge in [-0.05, 0) is 33.3 Å². The van der Waals surface area contributed by atoms with Gasteiger partial charge in [0.1, 0.15) is 5.60 Å². The molecular weight excluding hydrogens is 340 g/mol. The van der Waals surface area contributed by atoms with Crippen molar-refractivity contribution in [1.82, 2.24) is 5.32 Å². The van der Waals surface area contributed by atoms with Gasteiger partial charge < -0.3 is 15.8 Å². The van der Waals surface area contributed by atoms with Crippen molar-refractivity contribution < 1.29 is 17.9 Å². The van der Waals surface area contributed by atoms with Crippen LogP contribution in [0.25, 0.3) is 0 Å². The number of rotatable bonds is 5. The molecule has 1 fully saturated rings. The van der Waals surface area contributed by atoms with Gasteiger partial charge >= 0.3 is 6.09 Å². The summed E-state index contributed by atoms with van der Waals surface area (Å²) in [6, 6.07) is 7.65. The van der Waals surface area contributed by atoms with Crippen molar-refractivity contribution in [2.45, 2.75) is 56.9 Å². The molecule has 2 rings (SSSR count). The highest BCUT2D eigenvalue weighted by Gasteiger charge is 2.71. The third-order valence-corrected chi connectivity index (χ3v) is 6.82. The molecule has 0 heterocycles. The molecular formula is C18H28N2O4S. The first-order valence-corrected chi connectivity index (χ1v) is 10.2. The number of ether oxygens (including phenoxy) is 1. The lowest BCUT2D eigenvalue weighted by Gasteiger charge is -2.24. The normalized spacial score (nSPS) is 26.2. The Labute approximate surface area is 150 Å². The van der Waals surface area contributed by atoms with E-state index in [4.69, 9.17) is 10.5 Å². The molecule has 1 saturated carbocycles. The molecule has 7 heteroatoms. The minimum Gasteiger partial charge on any atom is -0.444 e. The monoisotopic (exact) mass is 368 g/mol. The molecule has 3 atom stereocenters. The maximum absolute atomic E-state index is 12.6. The molecule has 1 amide bonds. The SMILES string of the molecule is CCS(=O)(=O)[C@@H]1[C@H](c2ccc(C)cc2)[C@]1(CN)NC(=O)OC(C)(C)C. The van der Waals surface area contributed by atoms with Gasteiger partial charge in [-0.25, -0.2) is 13.2 Å². The van der Waals surface area contributed by atoms with Crippen LogP contribution in [-0.2, 0) is 14.6 Å². The molecule has 0 bridgehead atoms. The lowest BCUT2D eigenvalue weighted by atomic mass is 10.0. The largest absolute Gasteiger partial charge is 0.444 e. The maximum atomic E-state index is 12.6. The summed E-state index contributed by atoms with van der Waals surface area (Å²) in [4.78, 5) is 12.3. The van der Waals surface area contributed by atoms with Crippen LogP contribution in [0.5, 0.6) is 0 Å². The Bertz CT molecular complexity index is 737. The van der Waals surface area contributed by atoms with Crippen LogP contribution in [0.3, 0.4) is 0 Å². The number of carbonyl (C=O) groups is 1. The summed E-state index contributed by atoms with van der Waals surface area (Å²) >= 11 is 0. The van der Waals surface area contributed by atoms with E-state index in [0.29, 0.717) is 0 Å². The van der Waals surface area contributed by atoms with Crippen molar-refractivity contribution in [2.24, 2.45) is 5.73 Å². The highest BCUT2D eigenvalue weighted by Crippen LogP contribution is 2.55. The van der Waals surface area contributed by atoms with Crippen LogP contribution in [0, 0.1) is 6.92 Å². The lowest BCUT2D eigenvalue weighted by Crippen LogP contribution is -2.49. The fourth-order valence-electron chi connectivity index (χ4n) is 3.29. The molecule has 3 N–H and O–H groups in total. The van der Waals surface area contributed by atoms with Crippen LogP contribution >= 0.6 is 0 Å². The summed E-state index contributed by atoms with van der Waals surface area (Å²) < 4.78 is 30.5. The molecule has 1 aliphatic rings. The number of hydrogen-bond donors (Lipinski definition) is 2. The number of carbonyl (C=O) groups excluding carboxylic acids is 1. The molecule has 0 radical (unpaired) electrons. The fourth-order valence-corrected chi connectivity index (χ4v) is 5.33. The zero-order chi connectivity index (χ0) is 19.0. The van der Waals surface area contributed by atoms with E-state index in [1.807, 2.05) is 31.2 Å². The molecule has 0 spiro atoms. The quantitative estimate of drug-likeness (QED) is 0.829. The van der Waals surface area contributed by atoms with E-state index in [1.54, 1.807) is 27.7 Å². The van der Waals surface area contributed by atoms with Gasteiger partial charge in [0, 0.05) is 18.2 Å². The summed E-state index contributed by atoms with van der Waals surface area (Å²) in [5.74, 6) is -0.381. The van der Waals surface area contributed by atoms with E-state index in [1.165, 1.54) is 0 Å². The van der Waals surface area contributed by atoms with E-state index in [-0.39, 0.29) is 18.2 Å². The second-order valence-electron chi connectivity index (χ2n) is 7.63. The Morgan fingerprint density at radius 1 is 1.28 bits per heavy atom. The van der Waals surface area contributed by atoms with Crippen molar-refractivity contribution >= 4 is 15.9 Å². The van der Waals surface area contributed by atoms with Crippen molar-refractivity contribution in [3.8, 4) is 0 Å². The number of alkyl carbamates (subject to hydrolysis) is 1. The van der Waals surface area contributed by atoms with Gasteiger partial charge in [0.25, 0.3) is 0 Å². The second-order valence-corrected chi connectivity index (χ2v) is 10.0. The Balaban J connectivity index is 2.38. The molecule has 1 aromatic carbocycles. The van der Waals surface area contributed by atoms with Gasteiger partial charge in [-0.2, -0.15) is 0 Å². The Morgan fingerprint density at radius 3 is 2.28 bits per heavy atom. The Hall–Kier alpha value is -1.60. The molecule has 6 nitrogen and oxygen atoms in total. The lowest BCUT2D eigenvalue weighted by molar-refractivity contribution is 0.0497. The molecule has 1 aromatic rings. The molecule has 1 aliphatic carbocycles. The molecule has 0 saturated heterocycles. The third kappa shape index (κ3) is 3.98. The second kappa shape index (κ2) is 6.61. The standard InChI is InChI=1S/C18H28N2O4S/c1-6-25(22,23)15-14(13-9-7-12(2)8-10-13)18(15,11-19)20-16(21)24-17(3,4)5/h7-10,14-15H,6,11,19H2,1-5H3,(H,20,21)/t14-,15+,18-/m0/s1. The van der Waals surface area contributed by atoms with Crippen molar-refractivity contribution in [3.05, 3.63) is 35.4 Å². The summed E-state index contributed by atoms with van der Waals surface area (Å²) in [7, 11) is -3.39. The predicted molar refractivity (Wildman–Crippen MR) is 98.3 cm³/mol. The highest BCUT2D eigenvalue weighted by molar-refractivity contribution is 7.92. The Kier molecular flexibility index (Phi) is 5.21. The van der Waals surface area contributed by atoms with E-state index in [9.17, 15) is 13.2 Å². The zero-order valence-electron chi connectivity index (χ0n) is 15.5. The predicted octanol–water partition coefficient (Wildman–Crippen LogP) is 2.12. The first kappa shape index (κ1) is 19.7. The number of amides is 1. The van der Waals surface area contributed by atoms with Crippen LogP contribution in [0.4, 0.5) is 4.79 Å². The van der Waals surface area contributed by atoms with E-state index >= 15 is 0 Å². The van der Waals surface area contributed by atoms with Gasteiger partial charge in [0.15, 0.2) is 9.84 Å². The zero-order valence-corrected chi connectivity index (χ0v) is 16.3. The first-order chi connectivity index (χ1) is 11.5. The van der Waals surface area contributed by atoms with Gasteiger partial charge in [-0.3, -0.25) is 0 Å². The van der Waals surface area contributed by atoms with Crippen LogP contribution in [-0.4, -0.2) is 43.2 Å². The summed E-state index contributed by atoms with van der Waals surface area (Å²) in [5.41, 5.74) is 6.17. The van der Waals surface area contributed by atoms with Crippen molar-refractivity contribution in [2.75, 3.05) is 12.3 Å². The summed E-state index contributed by atoms with van der Waals surface area (Å²) in [6.07, 6.45) is -0.649. The highest BCUT2D eigenvalue weighted by atomic mass is 32.2. The average molecular weight is 368 g/mol. The van der Waals surface area contributed by atoms with E-state index in [2.05, 4.69) is 5.32 Å². The molecule has 25 heavy (non-hydrogen) atoms. The maximum Gasteiger partial charge on any atom is 0.408 e. The van der Waals surface area contributed by atoms with E-state index < -0.39 is 32.3 Å². The van der Waals surface area contributed by atoms with Gasteiger partial charge in [0.05, 0.1) is 10.8 Å². The van der Waals surface area contributed by atoms with Gasteiger partial charge in [0.2, 0.25) is 0 Å². The first-order valence-electron chi connectivity index (χ1n) is 8.46. The summed E-state index contributed by atoms with van der Waals surface area (Å²) in [5, 5.41) is 2.02. The number of hydrogen-bond acceptors (Lipinski definition) is 5. The number of aryl methyl sites for hydroxylation is 1. The molecule has 0 aliphatic heterocycles. The number of sulfone groups is 1. The van der Waals surface area contributed by atoms with Gasteiger partial charge in [-0.1, -0.05) is 36.8 Å². The average Bonchev–Trinajstić information content (AvgIpc) is 3.15. The topological polar surface area (TPSA) is 98.5 Å².